The Morgan fingerprint density at radius 3 is 2.87 bits per heavy atom. The number of rotatable bonds is 4. The van der Waals surface area contributed by atoms with E-state index in [2.05, 4.69) is 10.2 Å². The molecular formula is C15H16FN3O3S. The summed E-state index contributed by atoms with van der Waals surface area (Å²) in [5, 5.41) is 7.57. The van der Waals surface area contributed by atoms with Gasteiger partial charge in [0.25, 0.3) is 0 Å². The summed E-state index contributed by atoms with van der Waals surface area (Å²) in [5.41, 5.74) is 0. The van der Waals surface area contributed by atoms with Gasteiger partial charge in [-0.2, -0.15) is 9.40 Å². The summed E-state index contributed by atoms with van der Waals surface area (Å²) in [7, 11) is -3.73. The van der Waals surface area contributed by atoms with Crippen molar-refractivity contribution in [1.82, 2.24) is 14.5 Å². The molecule has 1 aromatic heterocycles. The third-order valence-electron chi connectivity index (χ3n) is 3.61. The van der Waals surface area contributed by atoms with Crippen molar-refractivity contribution in [3.05, 3.63) is 48.4 Å². The molecule has 0 spiro atoms. The molecule has 23 heavy (non-hydrogen) atoms. The lowest BCUT2D eigenvalue weighted by atomic mass is 10.1. The second-order valence-corrected chi connectivity index (χ2v) is 7.20. The minimum absolute atomic E-state index is 0.0438. The summed E-state index contributed by atoms with van der Waals surface area (Å²) >= 11 is 0. The minimum atomic E-state index is -3.73. The summed E-state index contributed by atoms with van der Waals surface area (Å²) in [4.78, 5) is -0.0438. The molecule has 1 aromatic carbocycles. The van der Waals surface area contributed by atoms with Gasteiger partial charge in [0, 0.05) is 18.8 Å². The van der Waals surface area contributed by atoms with Crippen molar-refractivity contribution in [2.24, 2.45) is 0 Å². The lowest BCUT2D eigenvalue weighted by Crippen LogP contribution is -2.44. The zero-order chi connectivity index (χ0) is 16.3. The summed E-state index contributed by atoms with van der Waals surface area (Å²) in [6, 6.07) is 8.41. The molecule has 0 saturated carbocycles. The highest BCUT2D eigenvalue weighted by Crippen LogP contribution is 2.23. The highest BCUT2D eigenvalue weighted by molar-refractivity contribution is 7.89. The first kappa shape index (κ1) is 15.8. The maximum atomic E-state index is 13.3. The normalized spacial score (nSPS) is 19.4. The predicted octanol–water partition coefficient (Wildman–Crippen LogP) is 1.85. The van der Waals surface area contributed by atoms with Crippen LogP contribution < -0.4 is 4.74 Å². The number of hydrogen-bond acceptors (Lipinski definition) is 5. The molecule has 0 aliphatic carbocycles. The van der Waals surface area contributed by atoms with Crippen LogP contribution in [0.1, 0.15) is 12.8 Å². The van der Waals surface area contributed by atoms with Crippen LogP contribution in [0.2, 0.25) is 0 Å². The van der Waals surface area contributed by atoms with Gasteiger partial charge in [0.15, 0.2) is 0 Å². The summed E-state index contributed by atoms with van der Waals surface area (Å²) in [5.74, 6) is -0.210. The standard InChI is InChI=1S/C15H16FN3O3S/c16-12-4-1-6-14(10-12)23(20,21)19-9-3-5-13(11-19)22-15-7-2-8-17-18-15/h1-2,4,6-8,10,13H,3,5,9,11H2. The van der Waals surface area contributed by atoms with Crippen LogP contribution in [0.4, 0.5) is 4.39 Å². The number of piperidine rings is 1. The van der Waals surface area contributed by atoms with Crippen LogP contribution in [0.3, 0.4) is 0 Å². The molecule has 0 N–H and O–H groups in total. The van der Waals surface area contributed by atoms with Crippen LogP contribution in [0.15, 0.2) is 47.5 Å². The Bertz CT molecular complexity index is 771. The Hall–Kier alpha value is -2.06. The van der Waals surface area contributed by atoms with Gasteiger partial charge >= 0.3 is 0 Å². The molecule has 0 radical (unpaired) electrons. The number of ether oxygens (including phenoxy) is 1. The van der Waals surface area contributed by atoms with Gasteiger partial charge in [-0.3, -0.25) is 0 Å². The number of aromatic nitrogens is 2. The Labute approximate surface area is 134 Å². The highest BCUT2D eigenvalue weighted by Gasteiger charge is 2.31. The lowest BCUT2D eigenvalue weighted by Gasteiger charge is -2.31. The molecule has 122 valence electrons. The zero-order valence-electron chi connectivity index (χ0n) is 12.3. The Balaban J connectivity index is 1.75. The van der Waals surface area contributed by atoms with Crippen molar-refractivity contribution in [3.8, 4) is 5.88 Å². The van der Waals surface area contributed by atoms with E-state index < -0.39 is 15.8 Å². The zero-order valence-corrected chi connectivity index (χ0v) is 13.1. The minimum Gasteiger partial charge on any atom is -0.472 e. The maximum Gasteiger partial charge on any atom is 0.243 e. The molecule has 0 bridgehead atoms. The third-order valence-corrected chi connectivity index (χ3v) is 5.47. The fourth-order valence-corrected chi connectivity index (χ4v) is 4.06. The van der Waals surface area contributed by atoms with Crippen molar-refractivity contribution in [2.45, 2.75) is 23.8 Å². The first-order valence-electron chi connectivity index (χ1n) is 7.26. The number of hydrogen-bond donors (Lipinski definition) is 0. The van der Waals surface area contributed by atoms with Crippen molar-refractivity contribution in [2.75, 3.05) is 13.1 Å². The van der Waals surface area contributed by atoms with Crippen molar-refractivity contribution in [1.29, 1.82) is 0 Å². The van der Waals surface area contributed by atoms with Crippen LogP contribution in [0.25, 0.3) is 0 Å². The van der Waals surface area contributed by atoms with Gasteiger partial charge in [0.1, 0.15) is 11.9 Å². The average molecular weight is 337 g/mol. The van der Waals surface area contributed by atoms with E-state index in [9.17, 15) is 12.8 Å². The SMILES string of the molecule is O=S(=O)(c1cccc(F)c1)N1CCCC(Oc2cccnn2)C1. The largest absolute Gasteiger partial charge is 0.472 e. The number of sulfonamides is 1. The third kappa shape index (κ3) is 3.65. The van der Waals surface area contributed by atoms with Crippen LogP contribution in [0, 0.1) is 5.82 Å². The number of nitrogens with zero attached hydrogens (tertiary/aromatic N) is 3. The second kappa shape index (κ2) is 6.59. The summed E-state index contributed by atoms with van der Waals surface area (Å²) < 4.78 is 45.5. The first-order chi connectivity index (χ1) is 11.1. The van der Waals surface area contributed by atoms with Crippen molar-refractivity contribution >= 4 is 10.0 Å². The van der Waals surface area contributed by atoms with Crippen LogP contribution in [-0.4, -0.2) is 42.1 Å². The fraction of sp³-hybridized carbons (Fsp3) is 0.333. The molecule has 2 aromatic rings. The van der Waals surface area contributed by atoms with E-state index in [4.69, 9.17) is 4.74 Å². The van der Waals surface area contributed by atoms with E-state index in [0.29, 0.717) is 18.8 Å². The molecule has 6 nitrogen and oxygen atoms in total. The van der Waals surface area contributed by atoms with Gasteiger partial charge in [0.2, 0.25) is 15.9 Å². The molecule has 0 amide bonds. The summed E-state index contributed by atoms with van der Waals surface area (Å²) in [6.45, 7) is 0.592. The van der Waals surface area contributed by atoms with Gasteiger partial charge in [-0.05, 0) is 37.1 Å². The van der Waals surface area contributed by atoms with E-state index in [1.807, 2.05) is 0 Å². The molecule has 1 atom stereocenters. The van der Waals surface area contributed by atoms with Gasteiger partial charge in [-0.15, -0.1) is 5.10 Å². The van der Waals surface area contributed by atoms with Crippen LogP contribution in [0.5, 0.6) is 5.88 Å². The Morgan fingerprint density at radius 2 is 2.13 bits per heavy atom. The van der Waals surface area contributed by atoms with Crippen LogP contribution in [-0.2, 0) is 10.0 Å². The average Bonchev–Trinajstić information content (AvgIpc) is 2.56. The fourth-order valence-electron chi connectivity index (χ4n) is 2.52. The van der Waals surface area contributed by atoms with Crippen LogP contribution >= 0.6 is 0 Å². The van der Waals surface area contributed by atoms with Gasteiger partial charge in [-0.1, -0.05) is 6.07 Å². The lowest BCUT2D eigenvalue weighted by molar-refractivity contribution is 0.123. The number of benzene rings is 1. The molecule has 2 heterocycles. The van der Waals surface area contributed by atoms with E-state index in [0.717, 1.165) is 12.5 Å². The van der Waals surface area contributed by atoms with Crippen molar-refractivity contribution < 1.29 is 17.5 Å². The van der Waals surface area contributed by atoms with E-state index in [-0.39, 0.29) is 17.5 Å². The topological polar surface area (TPSA) is 72.4 Å². The molecular weight excluding hydrogens is 321 g/mol. The van der Waals surface area contributed by atoms with E-state index >= 15 is 0 Å². The molecule has 1 fully saturated rings. The molecule has 1 aliphatic heterocycles. The second-order valence-electron chi connectivity index (χ2n) is 5.26. The predicted molar refractivity (Wildman–Crippen MR) is 80.8 cm³/mol. The quantitative estimate of drug-likeness (QED) is 0.851. The Kier molecular flexibility index (Phi) is 4.53. The van der Waals surface area contributed by atoms with Gasteiger partial charge in [-0.25, -0.2) is 12.8 Å². The smallest absolute Gasteiger partial charge is 0.243 e. The van der Waals surface area contributed by atoms with E-state index in [1.165, 1.54) is 28.7 Å². The monoisotopic (exact) mass is 337 g/mol. The molecule has 3 rings (SSSR count). The van der Waals surface area contributed by atoms with Gasteiger partial charge in [0.05, 0.1) is 11.4 Å². The maximum absolute atomic E-state index is 13.3. The molecule has 8 heteroatoms. The van der Waals surface area contributed by atoms with Gasteiger partial charge < -0.3 is 4.74 Å². The number of halogens is 1. The first-order valence-corrected chi connectivity index (χ1v) is 8.70. The van der Waals surface area contributed by atoms with E-state index in [1.54, 1.807) is 12.1 Å². The summed E-state index contributed by atoms with van der Waals surface area (Å²) in [6.07, 6.45) is 2.63. The molecule has 1 aliphatic rings. The highest BCUT2D eigenvalue weighted by atomic mass is 32.2. The molecule has 1 unspecified atom stereocenters. The molecule has 1 saturated heterocycles. The van der Waals surface area contributed by atoms with Crippen molar-refractivity contribution in [3.63, 3.8) is 0 Å². The Morgan fingerprint density at radius 1 is 1.26 bits per heavy atom.